The summed E-state index contributed by atoms with van der Waals surface area (Å²) >= 11 is 0. The molecule has 5 heterocycles. The maximum Gasteiger partial charge on any atom is 0.225 e. The zero-order valence-electron chi connectivity index (χ0n) is 17.3. The van der Waals surface area contributed by atoms with Crippen molar-refractivity contribution in [3.8, 4) is 5.82 Å². The van der Waals surface area contributed by atoms with Crippen LogP contribution in [0, 0.1) is 5.92 Å². The third-order valence-electron chi connectivity index (χ3n) is 6.00. The second kappa shape index (κ2) is 8.66. The van der Waals surface area contributed by atoms with Crippen LogP contribution in [0.4, 0.5) is 11.8 Å². The van der Waals surface area contributed by atoms with Gasteiger partial charge >= 0.3 is 0 Å². The van der Waals surface area contributed by atoms with E-state index in [9.17, 15) is 4.79 Å². The molecule has 160 valence electrons. The molecule has 0 atom stereocenters. The van der Waals surface area contributed by atoms with Crippen molar-refractivity contribution in [3.63, 3.8) is 0 Å². The fraction of sp³-hybridized carbons (Fsp3) is 0.429. The average Bonchev–Trinajstić information content (AvgIpc) is 3.40. The summed E-state index contributed by atoms with van der Waals surface area (Å²) in [4.78, 5) is 40.9. The fourth-order valence-corrected chi connectivity index (χ4v) is 4.24. The Hall–Kier alpha value is -3.56. The highest BCUT2D eigenvalue weighted by atomic mass is 16.2. The van der Waals surface area contributed by atoms with Crippen LogP contribution >= 0.6 is 0 Å². The van der Waals surface area contributed by atoms with Crippen molar-refractivity contribution < 1.29 is 4.79 Å². The van der Waals surface area contributed by atoms with Crippen LogP contribution in [0.3, 0.4) is 0 Å². The third kappa shape index (κ3) is 4.18. The van der Waals surface area contributed by atoms with Crippen LogP contribution in [0.25, 0.3) is 5.82 Å². The van der Waals surface area contributed by atoms with Gasteiger partial charge in [-0.2, -0.15) is 0 Å². The number of nitrogens with zero attached hydrogens (tertiary/aromatic N) is 9. The standard InChI is InChI=1S/C21H25N9O/c31-20(28-10-12-29(13-11-28)21-23-4-1-5-24-21)17-2-7-27(8-3-17)18-14-19(26-15-25-18)30-9-6-22-16-30/h1,4-6,9,14-17H,2-3,7-8,10-13H2. The Morgan fingerprint density at radius 1 is 0.839 bits per heavy atom. The summed E-state index contributed by atoms with van der Waals surface area (Å²) in [5, 5.41) is 0. The van der Waals surface area contributed by atoms with E-state index in [1.807, 2.05) is 27.8 Å². The maximum atomic E-state index is 13.1. The average molecular weight is 419 g/mol. The van der Waals surface area contributed by atoms with Crippen LogP contribution in [0.15, 0.2) is 49.6 Å². The molecular formula is C21H25N9O. The highest BCUT2D eigenvalue weighted by Gasteiger charge is 2.31. The number of carbonyl (C=O) groups is 1. The van der Waals surface area contributed by atoms with Gasteiger partial charge < -0.3 is 14.7 Å². The van der Waals surface area contributed by atoms with Gasteiger partial charge in [0.1, 0.15) is 24.3 Å². The first-order chi connectivity index (χ1) is 15.3. The second-order valence-electron chi connectivity index (χ2n) is 7.83. The van der Waals surface area contributed by atoms with E-state index in [2.05, 4.69) is 34.7 Å². The lowest BCUT2D eigenvalue weighted by Gasteiger charge is -2.38. The van der Waals surface area contributed by atoms with Crippen LogP contribution < -0.4 is 9.80 Å². The van der Waals surface area contributed by atoms with E-state index < -0.39 is 0 Å². The Kier molecular flexibility index (Phi) is 5.42. The predicted molar refractivity (Wildman–Crippen MR) is 115 cm³/mol. The van der Waals surface area contributed by atoms with Gasteiger partial charge in [-0.05, 0) is 18.9 Å². The highest BCUT2D eigenvalue weighted by molar-refractivity contribution is 5.79. The molecule has 31 heavy (non-hydrogen) atoms. The number of piperazine rings is 1. The molecule has 0 aromatic carbocycles. The Morgan fingerprint density at radius 2 is 1.58 bits per heavy atom. The monoisotopic (exact) mass is 419 g/mol. The quantitative estimate of drug-likeness (QED) is 0.618. The lowest BCUT2D eigenvalue weighted by atomic mass is 9.95. The number of amides is 1. The second-order valence-corrected chi connectivity index (χ2v) is 7.83. The van der Waals surface area contributed by atoms with E-state index in [-0.39, 0.29) is 11.8 Å². The van der Waals surface area contributed by atoms with Crippen LogP contribution in [0.2, 0.25) is 0 Å². The molecule has 0 aliphatic carbocycles. The predicted octanol–water partition coefficient (Wildman–Crippen LogP) is 1.02. The summed E-state index contributed by atoms with van der Waals surface area (Å²) < 4.78 is 1.86. The Labute approximate surface area is 180 Å². The molecule has 0 N–H and O–H groups in total. The van der Waals surface area contributed by atoms with Gasteiger partial charge in [0.15, 0.2) is 0 Å². The normalized spacial score (nSPS) is 17.7. The molecule has 0 saturated carbocycles. The molecule has 3 aromatic heterocycles. The Morgan fingerprint density at radius 3 is 2.29 bits per heavy atom. The lowest BCUT2D eigenvalue weighted by molar-refractivity contribution is -0.136. The molecule has 0 spiro atoms. The van der Waals surface area contributed by atoms with Crippen molar-refractivity contribution in [2.24, 2.45) is 5.92 Å². The summed E-state index contributed by atoms with van der Waals surface area (Å²) in [5.41, 5.74) is 0. The third-order valence-corrected chi connectivity index (χ3v) is 6.00. The first-order valence-corrected chi connectivity index (χ1v) is 10.6. The van der Waals surface area contributed by atoms with Crippen molar-refractivity contribution in [2.45, 2.75) is 12.8 Å². The molecule has 5 rings (SSSR count). The van der Waals surface area contributed by atoms with Gasteiger partial charge in [0.2, 0.25) is 11.9 Å². The largest absolute Gasteiger partial charge is 0.356 e. The van der Waals surface area contributed by atoms with Gasteiger partial charge in [0.25, 0.3) is 0 Å². The van der Waals surface area contributed by atoms with E-state index in [1.165, 1.54) is 0 Å². The van der Waals surface area contributed by atoms with Crippen molar-refractivity contribution >= 4 is 17.7 Å². The maximum absolute atomic E-state index is 13.1. The van der Waals surface area contributed by atoms with Crippen LogP contribution in [0.5, 0.6) is 0 Å². The summed E-state index contributed by atoms with van der Waals surface area (Å²) in [6.45, 7) is 4.61. The lowest BCUT2D eigenvalue weighted by Crippen LogP contribution is -2.52. The number of imidazole rings is 1. The molecule has 0 radical (unpaired) electrons. The topological polar surface area (TPSA) is 96.2 Å². The summed E-state index contributed by atoms with van der Waals surface area (Å²) in [7, 11) is 0. The minimum atomic E-state index is 0.0748. The van der Waals surface area contributed by atoms with Crippen LogP contribution in [-0.4, -0.2) is 79.6 Å². The van der Waals surface area contributed by atoms with Gasteiger partial charge in [-0.25, -0.2) is 24.9 Å². The molecule has 2 aliphatic heterocycles. The van der Waals surface area contributed by atoms with Crippen molar-refractivity contribution in [1.82, 2.24) is 34.4 Å². The number of hydrogen-bond donors (Lipinski definition) is 0. The minimum absolute atomic E-state index is 0.0748. The number of anilines is 2. The molecule has 10 heteroatoms. The molecule has 2 saturated heterocycles. The summed E-state index contributed by atoms with van der Waals surface area (Å²) in [6.07, 6.45) is 12.1. The fourth-order valence-electron chi connectivity index (χ4n) is 4.24. The van der Waals surface area contributed by atoms with E-state index >= 15 is 0 Å². The van der Waals surface area contributed by atoms with Crippen molar-refractivity contribution in [1.29, 1.82) is 0 Å². The number of carbonyl (C=O) groups excluding carboxylic acids is 1. The van der Waals surface area contributed by atoms with Gasteiger partial charge in [0, 0.05) is 76.0 Å². The first-order valence-electron chi connectivity index (χ1n) is 10.6. The molecule has 0 bridgehead atoms. The SMILES string of the molecule is O=C(C1CCN(c2cc(-n3ccnc3)ncn2)CC1)N1CCN(c2ncccn2)CC1. The molecular weight excluding hydrogens is 394 g/mol. The van der Waals surface area contributed by atoms with Crippen molar-refractivity contribution in [2.75, 3.05) is 49.1 Å². The summed E-state index contributed by atoms with van der Waals surface area (Å²) in [5.74, 6) is 2.77. The number of piperidine rings is 1. The Balaban J connectivity index is 1.15. The molecule has 0 unspecified atom stereocenters. The minimum Gasteiger partial charge on any atom is -0.356 e. The van der Waals surface area contributed by atoms with E-state index in [1.54, 1.807) is 31.2 Å². The molecule has 3 aromatic rings. The molecule has 10 nitrogen and oxygen atoms in total. The van der Waals surface area contributed by atoms with E-state index in [0.717, 1.165) is 69.7 Å². The Bertz CT molecular complexity index is 995. The highest BCUT2D eigenvalue weighted by Crippen LogP contribution is 2.25. The first kappa shape index (κ1) is 19.4. The molecule has 2 fully saturated rings. The van der Waals surface area contributed by atoms with Crippen LogP contribution in [-0.2, 0) is 4.79 Å². The zero-order chi connectivity index (χ0) is 21.0. The van der Waals surface area contributed by atoms with Crippen LogP contribution in [0.1, 0.15) is 12.8 Å². The van der Waals surface area contributed by atoms with Gasteiger partial charge in [-0.3, -0.25) is 9.36 Å². The smallest absolute Gasteiger partial charge is 0.225 e. The number of hydrogen-bond acceptors (Lipinski definition) is 8. The van der Waals surface area contributed by atoms with E-state index in [0.29, 0.717) is 0 Å². The molecule has 2 aliphatic rings. The van der Waals surface area contributed by atoms with Gasteiger partial charge in [-0.1, -0.05) is 0 Å². The number of aromatic nitrogens is 6. The van der Waals surface area contributed by atoms with Gasteiger partial charge in [0.05, 0.1) is 0 Å². The number of rotatable bonds is 4. The zero-order valence-corrected chi connectivity index (χ0v) is 17.3. The molecule has 1 amide bonds. The van der Waals surface area contributed by atoms with E-state index in [4.69, 9.17) is 0 Å². The van der Waals surface area contributed by atoms with Crippen molar-refractivity contribution in [3.05, 3.63) is 49.6 Å². The van der Waals surface area contributed by atoms with Gasteiger partial charge in [-0.15, -0.1) is 0 Å². The summed E-state index contributed by atoms with van der Waals surface area (Å²) in [6, 6.07) is 3.78.